The molecule has 2 aromatic carbocycles. The first-order valence-corrected chi connectivity index (χ1v) is 13.2. The standard InChI is InChI=1S/C28H26F4N4O2S/c1-34-24(37)21-9-8-20(13-23(21)29)36-26(39)35(19-7-6-18(15-33)22(12-19)28(30,31)32)25(38)27(36)11-10-16-4-2-3-5-17(16)14-27/h6-9,12-13,16-17H,2-5,10-11,14H2,1H3,(H,34,37). The van der Waals surface area contributed by atoms with Crippen LogP contribution in [-0.2, 0) is 11.0 Å². The predicted molar refractivity (Wildman–Crippen MR) is 141 cm³/mol. The molecule has 2 amide bonds. The van der Waals surface area contributed by atoms with Gasteiger partial charge in [0.05, 0.1) is 28.4 Å². The summed E-state index contributed by atoms with van der Waals surface area (Å²) in [5, 5.41) is 11.5. The highest BCUT2D eigenvalue weighted by atomic mass is 32.1. The molecule has 1 saturated heterocycles. The zero-order valence-corrected chi connectivity index (χ0v) is 22.0. The number of benzene rings is 2. The van der Waals surface area contributed by atoms with Gasteiger partial charge in [0.2, 0.25) is 0 Å². The molecule has 1 heterocycles. The third-order valence-electron chi connectivity index (χ3n) is 8.38. The number of carbonyl (C=O) groups excluding carboxylic acids is 2. The van der Waals surface area contributed by atoms with Crippen LogP contribution >= 0.6 is 12.2 Å². The minimum atomic E-state index is -4.82. The summed E-state index contributed by atoms with van der Waals surface area (Å²) in [6.45, 7) is 0. The van der Waals surface area contributed by atoms with Gasteiger partial charge in [-0.2, -0.15) is 18.4 Å². The maximum absolute atomic E-state index is 15.1. The third-order valence-corrected chi connectivity index (χ3v) is 8.74. The monoisotopic (exact) mass is 558 g/mol. The molecule has 3 fully saturated rings. The number of amides is 2. The molecule has 5 rings (SSSR count). The van der Waals surface area contributed by atoms with Crippen LogP contribution in [-0.4, -0.2) is 29.5 Å². The maximum Gasteiger partial charge on any atom is 0.417 e. The van der Waals surface area contributed by atoms with Gasteiger partial charge in [0.1, 0.15) is 11.4 Å². The summed E-state index contributed by atoms with van der Waals surface area (Å²) < 4.78 is 56.4. The Balaban J connectivity index is 1.64. The summed E-state index contributed by atoms with van der Waals surface area (Å²) in [7, 11) is 1.38. The number of nitrogens with one attached hydrogen (secondary N) is 1. The quantitative estimate of drug-likeness (QED) is 0.373. The second kappa shape index (κ2) is 9.90. The molecule has 2 aliphatic carbocycles. The summed E-state index contributed by atoms with van der Waals surface area (Å²) in [6.07, 6.45) is 0.903. The number of carbonyl (C=O) groups is 2. The molecule has 1 N–H and O–H groups in total. The smallest absolute Gasteiger partial charge is 0.355 e. The lowest BCUT2D eigenvalue weighted by molar-refractivity contribution is -0.137. The first kappa shape index (κ1) is 27.1. The van der Waals surface area contributed by atoms with Crippen molar-refractivity contribution in [3.05, 3.63) is 58.9 Å². The number of hydrogen-bond acceptors (Lipinski definition) is 4. The molecule has 3 unspecified atom stereocenters. The molecule has 2 saturated carbocycles. The van der Waals surface area contributed by atoms with E-state index in [1.807, 2.05) is 0 Å². The molecule has 0 radical (unpaired) electrons. The van der Waals surface area contributed by atoms with E-state index in [2.05, 4.69) is 5.32 Å². The van der Waals surface area contributed by atoms with Gasteiger partial charge in [-0.3, -0.25) is 14.5 Å². The lowest BCUT2D eigenvalue weighted by Gasteiger charge is -2.47. The Kier molecular flexibility index (Phi) is 6.87. The van der Waals surface area contributed by atoms with E-state index < -0.39 is 40.5 Å². The Bertz CT molecular complexity index is 1400. The van der Waals surface area contributed by atoms with Crippen LogP contribution in [0.25, 0.3) is 0 Å². The minimum absolute atomic E-state index is 0.0702. The number of anilines is 2. The van der Waals surface area contributed by atoms with E-state index in [4.69, 9.17) is 12.2 Å². The fourth-order valence-corrected chi connectivity index (χ4v) is 6.98. The molecule has 11 heteroatoms. The first-order chi connectivity index (χ1) is 18.5. The SMILES string of the molecule is CNC(=O)c1ccc(N2C(=S)N(c3ccc(C#N)c(C(F)(F)F)c3)C(=O)C23CCC2CCCCC2C3)cc1F. The lowest BCUT2D eigenvalue weighted by Crippen LogP contribution is -2.55. The molecule has 204 valence electrons. The number of fused-ring (bicyclic) bond motifs is 1. The van der Waals surface area contributed by atoms with Crippen LogP contribution in [0, 0.1) is 29.0 Å². The average Bonchev–Trinajstić information content (AvgIpc) is 3.12. The second-order valence-electron chi connectivity index (χ2n) is 10.4. The highest BCUT2D eigenvalue weighted by molar-refractivity contribution is 7.81. The molecule has 0 aromatic heterocycles. The molecule has 6 nitrogen and oxygen atoms in total. The van der Waals surface area contributed by atoms with Crippen molar-refractivity contribution >= 4 is 40.5 Å². The number of nitriles is 1. The third kappa shape index (κ3) is 4.44. The van der Waals surface area contributed by atoms with Gasteiger partial charge in [0.25, 0.3) is 11.8 Å². The van der Waals surface area contributed by atoms with Gasteiger partial charge in [-0.15, -0.1) is 0 Å². The van der Waals surface area contributed by atoms with Crippen LogP contribution in [0.2, 0.25) is 0 Å². The van der Waals surface area contributed by atoms with Crippen LogP contribution in [0.1, 0.15) is 66.4 Å². The summed E-state index contributed by atoms with van der Waals surface area (Å²) in [5.74, 6) is -1.22. The maximum atomic E-state index is 15.1. The number of hydrogen-bond donors (Lipinski definition) is 1. The Hall–Kier alpha value is -3.52. The fourth-order valence-electron chi connectivity index (χ4n) is 6.51. The van der Waals surface area contributed by atoms with Gasteiger partial charge < -0.3 is 10.2 Å². The van der Waals surface area contributed by atoms with Crippen molar-refractivity contribution in [1.82, 2.24) is 5.32 Å². The Labute approximate surface area is 228 Å². The topological polar surface area (TPSA) is 76.4 Å². The van der Waals surface area contributed by atoms with E-state index >= 15 is 4.39 Å². The van der Waals surface area contributed by atoms with Gasteiger partial charge in [-0.25, -0.2) is 4.39 Å². The number of halogens is 4. The minimum Gasteiger partial charge on any atom is -0.355 e. The Morgan fingerprint density at radius 3 is 2.44 bits per heavy atom. The van der Waals surface area contributed by atoms with Crippen LogP contribution in [0.5, 0.6) is 0 Å². The molecule has 1 spiro atoms. The molecule has 0 bridgehead atoms. The van der Waals surface area contributed by atoms with Crippen molar-refractivity contribution in [1.29, 1.82) is 5.26 Å². The molecule has 3 atom stereocenters. The van der Waals surface area contributed by atoms with Gasteiger partial charge in [-0.1, -0.05) is 25.7 Å². The zero-order chi connectivity index (χ0) is 28.1. The van der Waals surface area contributed by atoms with Crippen molar-refractivity contribution in [2.75, 3.05) is 16.8 Å². The largest absolute Gasteiger partial charge is 0.417 e. The summed E-state index contributed by atoms with van der Waals surface area (Å²) in [4.78, 5) is 29.0. The fraction of sp³-hybridized carbons (Fsp3) is 0.429. The molecular formula is C28H26F4N4O2S. The molecule has 3 aliphatic rings. The van der Waals surface area contributed by atoms with Crippen LogP contribution in [0.4, 0.5) is 28.9 Å². The highest BCUT2D eigenvalue weighted by Gasteiger charge is 2.59. The summed E-state index contributed by atoms with van der Waals surface area (Å²) in [5.41, 5.74) is -2.97. The summed E-state index contributed by atoms with van der Waals surface area (Å²) >= 11 is 5.73. The van der Waals surface area contributed by atoms with Crippen molar-refractivity contribution < 1.29 is 27.2 Å². The van der Waals surface area contributed by atoms with Crippen molar-refractivity contribution in [3.8, 4) is 6.07 Å². The highest BCUT2D eigenvalue weighted by Crippen LogP contribution is 2.52. The van der Waals surface area contributed by atoms with Crippen molar-refractivity contribution in [3.63, 3.8) is 0 Å². The average molecular weight is 559 g/mol. The van der Waals surface area contributed by atoms with E-state index in [-0.39, 0.29) is 28.0 Å². The second-order valence-corrected chi connectivity index (χ2v) is 10.8. The van der Waals surface area contributed by atoms with Gasteiger partial charge >= 0.3 is 6.18 Å². The van der Waals surface area contributed by atoms with Crippen LogP contribution < -0.4 is 15.1 Å². The molecule has 1 aliphatic heterocycles. The first-order valence-electron chi connectivity index (χ1n) is 12.8. The van der Waals surface area contributed by atoms with E-state index in [1.54, 1.807) is 11.0 Å². The summed E-state index contributed by atoms with van der Waals surface area (Å²) in [6, 6.07) is 8.57. The molecule has 2 aromatic rings. The van der Waals surface area contributed by atoms with E-state index in [9.17, 15) is 28.0 Å². The lowest BCUT2D eigenvalue weighted by atomic mass is 9.64. The van der Waals surface area contributed by atoms with Crippen LogP contribution in [0.15, 0.2) is 36.4 Å². The Morgan fingerprint density at radius 1 is 1.10 bits per heavy atom. The van der Waals surface area contributed by atoms with Crippen molar-refractivity contribution in [2.45, 2.75) is 56.7 Å². The number of alkyl halides is 3. The number of thiocarbonyl (C=S) groups is 1. The van der Waals surface area contributed by atoms with E-state index in [0.29, 0.717) is 18.8 Å². The zero-order valence-electron chi connectivity index (χ0n) is 21.1. The number of rotatable bonds is 3. The van der Waals surface area contributed by atoms with E-state index in [1.165, 1.54) is 25.2 Å². The van der Waals surface area contributed by atoms with Gasteiger partial charge in [-0.05, 0) is 79.7 Å². The normalized spacial score (nSPS) is 25.0. The Morgan fingerprint density at radius 2 is 1.79 bits per heavy atom. The molecular weight excluding hydrogens is 532 g/mol. The predicted octanol–water partition coefficient (Wildman–Crippen LogP) is 5.94. The number of nitrogens with zero attached hydrogens (tertiary/aromatic N) is 3. The van der Waals surface area contributed by atoms with E-state index in [0.717, 1.165) is 55.2 Å². The van der Waals surface area contributed by atoms with Crippen molar-refractivity contribution in [2.24, 2.45) is 11.8 Å². The van der Waals surface area contributed by atoms with Crippen LogP contribution in [0.3, 0.4) is 0 Å². The molecule has 39 heavy (non-hydrogen) atoms. The van der Waals surface area contributed by atoms with Gasteiger partial charge in [0.15, 0.2) is 5.11 Å². The van der Waals surface area contributed by atoms with Gasteiger partial charge in [0, 0.05) is 12.7 Å².